The Balaban J connectivity index is 1.81. The van der Waals surface area contributed by atoms with Gasteiger partial charge in [0.15, 0.2) is 0 Å². The SMILES string of the molecule is O=C(CSc1ccc(F)cc1)N(Cc1ccccn1)c1ccc(F)cc1F. The normalized spacial score (nSPS) is 10.6. The van der Waals surface area contributed by atoms with Gasteiger partial charge in [0.1, 0.15) is 17.5 Å². The van der Waals surface area contributed by atoms with Crippen molar-refractivity contribution in [1.82, 2.24) is 4.98 Å². The molecular weight excluding hydrogens is 373 g/mol. The number of pyridine rings is 1. The second kappa shape index (κ2) is 8.73. The molecule has 0 fully saturated rings. The Hall–Kier alpha value is -2.80. The molecule has 7 heteroatoms. The molecule has 3 aromatic rings. The lowest BCUT2D eigenvalue weighted by atomic mass is 10.2. The molecule has 0 saturated carbocycles. The molecule has 1 amide bonds. The Labute approximate surface area is 158 Å². The van der Waals surface area contributed by atoms with E-state index in [1.807, 2.05) is 0 Å². The number of hydrogen-bond donors (Lipinski definition) is 0. The van der Waals surface area contributed by atoms with Crippen LogP contribution in [0.1, 0.15) is 5.69 Å². The topological polar surface area (TPSA) is 33.2 Å². The molecule has 0 bridgehead atoms. The van der Waals surface area contributed by atoms with E-state index in [0.717, 1.165) is 12.1 Å². The summed E-state index contributed by atoms with van der Waals surface area (Å²) in [5.41, 5.74) is 0.549. The van der Waals surface area contributed by atoms with Gasteiger partial charge in [-0.2, -0.15) is 0 Å². The Bertz CT molecular complexity index is 920. The first-order valence-corrected chi connectivity index (χ1v) is 9.05. The number of aromatic nitrogens is 1. The number of thioether (sulfide) groups is 1. The lowest BCUT2D eigenvalue weighted by molar-refractivity contribution is -0.116. The van der Waals surface area contributed by atoms with Crippen LogP contribution in [0, 0.1) is 17.5 Å². The molecule has 1 heterocycles. The first-order valence-electron chi connectivity index (χ1n) is 8.06. The average molecular weight is 388 g/mol. The summed E-state index contributed by atoms with van der Waals surface area (Å²) >= 11 is 1.20. The van der Waals surface area contributed by atoms with E-state index in [-0.39, 0.29) is 29.7 Å². The lowest BCUT2D eigenvalue weighted by Crippen LogP contribution is -2.33. The monoisotopic (exact) mass is 388 g/mol. The largest absolute Gasteiger partial charge is 0.303 e. The van der Waals surface area contributed by atoms with Crippen LogP contribution in [0.15, 0.2) is 71.8 Å². The Kier molecular flexibility index (Phi) is 6.13. The zero-order valence-electron chi connectivity index (χ0n) is 14.1. The average Bonchev–Trinajstić information content (AvgIpc) is 2.67. The molecule has 0 saturated heterocycles. The van der Waals surface area contributed by atoms with E-state index in [9.17, 15) is 18.0 Å². The minimum absolute atomic E-state index is 0.00921. The van der Waals surface area contributed by atoms with Crippen LogP contribution in [0.5, 0.6) is 0 Å². The number of anilines is 1. The van der Waals surface area contributed by atoms with Crippen LogP contribution in [-0.4, -0.2) is 16.6 Å². The molecular formula is C20H15F3N2OS. The summed E-state index contributed by atoms with van der Waals surface area (Å²) in [6, 6.07) is 14.0. The van der Waals surface area contributed by atoms with Crippen molar-refractivity contribution in [2.45, 2.75) is 11.4 Å². The fraction of sp³-hybridized carbons (Fsp3) is 0.100. The van der Waals surface area contributed by atoms with Gasteiger partial charge in [0.2, 0.25) is 5.91 Å². The van der Waals surface area contributed by atoms with Crippen LogP contribution >= 0.6 is 11.8 Å². The van der Waals surface area contributed by atoms with Crippen molar-refractivity contribution in [2.75, 3.05) is 10.7 Å². The quantitative estimate of drug-likeness (QED) is 0.568. The highest BCUT2D eigenvalue weighted by Gasteiger charge is 2.20. The first-order chi connectivity index (χ1) is 13.0. The summed E-state index contributed by atoms with van der Waals surface area (Å²) in [5.74, 6) is -2.28. The Morgan fingerprint density at radius 1 is 0.963 bits per heavy atom. The summed E-state index contributed by atoms with van der Waals surface area (Å²) in [5, 5.41) is 0. The molecule has 27 heavy (non-hydrogen) atoms. The standard InChI is InChI=1S/C20H15F3N2OS/c21-14-4-7-17(8-5-14)27-13-20(26)25(12-16-3-1-2-10-24-16)19-9-6-15(22)11-18(19)23/h1-11H,12-13H2. The van der Waals surface area contributed by atoms with Crippen molar-refractivity contribution in [3.63, 3.8) is 0 Å². The maximum absolute atomic E-state index is 14.3. The Morgan fingerprint density at radius 2 is 1.70 bits per heavy atom. The van der Waals surface area contributed by atoms with Crippen LogP contribution in [0.2, 0.25) is 0 Å². The molecule has 138 valence electrons. The summed E-state index contributed by atoms with van der Waals surface area (Å²) in [6.07, 6.45) is 1.58. The van der Waals surface area contributed by atoms with E-state index in [0.29, 0.717) is 10.6 Å². The number of benzene rings is 2. The van der Waals surface area contributed by atoms with Gasteiger partial charge in [-0.15, -0.1) is 11.8 Å². The molecule has 3 nitrogen and oxygen atoms in total. The summed E-state index contributed by atoms with van der Waals surface area (Å²) < 4.78 is 40.5. The van der Waals surface area contributed by atoms with Crippen LogP contribution in [0.4, 0.5) is 18.9 Å². The second-order valence-corrected chi connectivity index (χ2v) is 6.69. The molecule has 0 N–H and O–H groups in total. The van der Waals surface area contributed by atoms with E-state index in [1.54, 1.807) is 36.5 Å². The predicted octanol–water partition coefficient (Wildman–Crippen LogP) is 4.82. The Morgan fingerprint density at radius 3 is 2.37 bits per heavy atom. The summed E-state index contributed by atoms with van der Waals surface area (Å²) in [6.45, 7) is 0.0478. The zero-order valence-corrected chi connectivity index (χ0v) is 14.9. The highest BCUT2D eigenvalue weighted by molar-refractivity contribution is 8.00. The number of hydrogen-bond acceptors (Lipinski definition) is 3. The number of halogens is 3. The number of carbonyl (C=O) groups is 1. The van der Waals surface area contributed by atoms with Gasteiger partial charge in [0.05, 0.1) is 23.7 Å². The minimum atomic E-state index is -0.828. The molecule has 1 aromatic heterocycles. The summed E-state index contributed by atoms with van der Waals surface area (Å²) in [7, 11) is 0. The van der Waals surface area contributed by atoms with Gasteiger partial charge in [0.25, 0.3) is 0 Å². The molecule has 0 aliphatic heterocycles. The van der Waals surface area contributed by atoms with E-state index in [4.69, 9.17) is 0 Å². The van der Waals surface area contributed by atoms with Crippen molar-refractivity contribution in [1.29, 1.82) is 0 Å². The number of nitrogens with zero attached hydrogens (tertiary/aromatic N) is 2. The van der Waals surface area contributed by atoms with Gasteiger partial charge in [-0.1, -0.05) is 6.07 Å². The van der Waals surface area contributed by atoms with E-state index >= 15 is 0 Å². The van der Waals surface area contributed by atoms with Crippen molar-refractivity contribution < 1.29 is 18.0 Å². The molecule has 0 unspecified atom stereocenters. The fourth-order valence-corrected chi connectivity index (χ4v) is 3.19. The molecule has 0 aliphatic carbocycles. The third-order valence-electron chi connectivity index (χ3n) is 3.72. The highest BCUT2D eigenvalue weighted by atomic mass is 32.2. The molecule has 2 aromatic carbocycles. The molecule has 0 atom stereocenters. The van der Waals surface area contributed by atoms with Gasteiger partial charge in [-0.25, -0.2) is 13.2 Å². The molecule has 3 rings (SSSR count). The van der Waals surface area contributed by atoms with Crippen molar-refractivity contribution in [2.24, 2.45) is 0 Å². The fourth-order valence-electron chi connectivity index (χ4n) is 2.42. The smallest absolute Gasteiger partial charge is 0.237 e. The first kappa shape index (κ1) is 19.0. The van der Waals surface area contributed by atoms with Gasteiger partial charge < -0.3 is 4.90 Å². The predicted molar refractivity (Wildman–Crippen MR) is 98.9 cm³/mol. The van der Waals surface area contributed by atoms with Crippen molar-refractivity contribution in [3.8, 4) is 0 Å². The van der Waals surface area contributed by atoms with Crippen LogP contribution in [-0.2, 0) is 11.3 Å². The van der Waals surface area contributed by atoms with Gasteiger partial charge in [-0.3, -0.25) is 9.78 Å². The third-order valence-corrected chi connectivity index (χ3v) is 4.72. The zero-order chi connectivity index (χ0) is 19.2. The van der Waals surface area contributed by atoms with E-state index < -0.39 is 11.6 Å². The van der Waals surface area contributed by atoms with Crippen LogP contribution in [0.3, 0.4) is 0 Å². The highest BCUT2D eigenvalue weighted by Crippen LogP contribution is 2.25. The molecule has 0 radical (unpaired) electrons. The lowest BCUT2D eigenvalue weighted by Gasteiger charge is -2.23. The number of rotatable bonds is 6. The summed E-state index contributed by atoms with van der Waals surface area (Å²) in [4.78, 5) is 18.9. The molecule has 0 aliphatic rings. The van der Waals surface area contributed by atoms with Crippen molar-refractivity contribution in [3.05, 3.63) is 90.0 Å². The number of carbonyl (C=O) groups excluding carboxylic acids is 1. The van der Waals surface area contributed by atoms with Gasteiger partial charge >= 0.3 is 0 Å². The second-order valence-electron chi connectivity index (χ2n) is 5.64. The van der Waals surface area contributed by atoms with E-state index in [1.165, 1.54) is 34.9 Å². The third kappa shape index (κ3) is 5.10. The van der Waals surface area contributed by atoms with E-state index in [2.05, 4.69) is 4.98 Å². The van der Waals surface area contributed by atoms with Crippen LogP contribution in [0.25, 0.3) is 0 Å². The molecule has 0 spiro atoms. The number of amides is 1. The van der Waals surface area contributed by atoms with Crippen LogP contribution < -0.4 is 4.90 Å². The maximum atomic E-state index is 14.3. The minimum Gasteiger partial charge on any atom is -0.303 e. The van der Waals surface area contributed by atoms with Gasteiger partial charge in [-0.05, 0) is 48.5 Å². The maximum Gasteiger partial charge on any atom is 0.237 e. The van der Waals surface area contributed by atoms with Crippen molar-refractivity contribution >= 4 is 23.4 Å². The van der Waals surface area contributed by atoms with Gasteiger partial charge in [0, 0.05) is 17.2 Å².